The summed E-state index contributed by atoms with van der Waals surface area (Å²) >= 11 is 1.56. The van der Waals surface area contributed by atoms with Gasteiger partial charge < -0.3 is 0 Å². The van der Waals surface area contributed by atoms with Crippen molar-refractivity contribution in [1.29, 1.82) is 0 Å². The summed E-state index contributed by atoms with van der Waals surface area (Å²) < 4.78 is 56.3. The zero-order valence-electron chi connectivity index (χ0n) is 16.1. The largest absolute Gasteiger partial charge is 0.422 e. The maximum Gasteiger partial charge on any atom is 0.422 e. The van der Waals surface area contributed by atoms with E-state index in [0.29, 0.717) is 5.75 Å². The molecule has 1 aliphatic rings. The zero-order valence-corrected chi connectivity index (χ0v) is 16.9. The van der Waals surface area contributed by atoms with Crippen LogP contribution in [0.2, 0.25) is 0 Å². The first-order valence-corrected chi connectivity index (χ1v) is 10.7. The van der Waals surface area contributed by atoms with Crippen molar-refractivity contribution in [2.45, 2.75) is 43.3 Å². The number of benzene rings is 2. The minimum Gasteiger partial charge on any atom is -0.286 e. The normalized spacial score (nSPS) is 17.1. The van der Waals surface area contributed by atoms with Crippen molar-refractivity contribution in [2.75, 3.05) is 5.75 Å². The van der Waals surface area contributed by atoms with Crippen molar-refractivity contribution in [3.63, 3.8) is 0 Å². The number of halogens is 4. The zero-order chi connectivity index (χ0) is 20.9. The van der Waals surface area contributed by atoms with E-state index in [0.717, 1.165) is 36.3 Å². The summed E-state index contributed by atoms with van der Waals surface area (Å²) in [6.07, 6.45) is -3.00. The van der Waals surface area contributed by atoms with Crippen LogP contribution >= 0.6 is 11.8 Å². The number of hydrogen-bond acceptors (Lipinski definition) is 2. The van der Waals surface area contributed by atoms with Crippen LogP contribution in [0.25, 0.3) is 0 Å². The molecule has 0 aromatic heterocycles. The minimum absolute atomic E-state index is 0.0155. The number of nitrogens with one attached hydrogen (secondary N) is 1. The second kappa shape index (κ2) is 9.23. The molecule has 1 aliphatic carbocycles. The Bertz CT molecular complexity index is 850. The van der Waals surface area contributed by atoms with Crippen molar-refractivity contribution < 1.29 is 17.6 Å². The van der Waals surface area contributed by atoms with E-state index in [2.05, 4.69) is 17.2 Å². The molecule has 0 saturated heterocycles. The topological polar surface area (TPSA) is 12.0 Å². The smallest absolute Gasteiger partial charge is 0.286 e. The van der Waals surface area contributed by atoms with Crippen LogP contribution < -0.4 is 5.32 Å². The predicted molar refractivity (Wildman–Crippen MR) is 110 cm³/mol. The van der Waals surface area contributed by atoms with Gasteiger partial charge in [0.15, 0.2) is 0 Å². The molecule has 1 nitrogen and oxygen atoms in total. The molecule has 0 aliphatic heterocycles. The lowest BCUT2D eigenvalue weighted by atomic mass is 9.88. The van der Waals surface area contributed by atoms with Crippen molar-refractivity contribution in [3.05, 3.63) is 71.5 Å². The van der Waals surface area contributed by atoms with E-state index in [1.165, 1.54) is 12.1 Å². The molecular weight excluding hydrogens is 398 g/mol. The fourth-order valence-corrected chi connectivity index (χ4v) is 3.97. The second-order valence-corrected chi connectivity index (χ2v) is 8.37. The summed E-state index contributed by atoms with van der Waals surface area (Å²) in [5.74, 6) is 5.91. The molecule has 0 spiro atoms. The highest BCUT2D eigenvalue weighted by Gasteiger charge is 2.56. The van der Waals surface area contributed by atoms with Crippen LogP contribution in [0.1, 0.15) is 30.9 Å². The van der Waals surface area contributed by atoms with Crippen molar-refractivity contribution in [2.24, 2.45) is 5.92 Å². The average molecular weight is 422 g/mol. The maximum absolute atomic E-state index is 14.3. The number of rotatable bonds is 7. The predicted octanol–water partition coefficient (Wildman–Crippen LogP) is 5.91. The molecule has 2 aromatic rings. The Hall–Kier alpha value is -1.97. The summed E-state index contributed by atoms with van der Waals surface area (Å²) in [4.78, 5) is 0. The van der Waals surface area contributed by atoms with E-state index in [4.69, 9.17) is 0 Å². The highest BCUT2D eigenvalue weighted by molar-refractivity contribution is 7.98. The molecule has 3 rings (SSSR count). The summed E-state index contributed by atoms with van der Waals surface area (Å²) in [6, 6.07) is 13.8. The van der Waals surface area contributed by atoms with Gasteiger partial charge >= 0.3 is 6.18 Å². The first-order valence-electron chi connectivity index (χ1n) is 9.55. The third kappa shape index (κ3) is 5.77. The Morgan fingerprint density at radius 1 is 1.07 bits per heavy atom. The van der Waals surface area contributed by atoms with Gasteiger partial charge in [0, 0.05) is 23.5 Å². The van der Waals surface area contributed by atoms with Crippen LogP contribution in [0.15, 0.2) is 54.6 Å². The van der Waals surface area contributed by atoms with Gasteiger partial charge in [-0.2, -0.15) is 24.9 Å². The van der Waals surface area contributed by atoms with Crippen LogP contribution in [0.3, 0.4) is 0 Å². The first-order chi connectivity index (χ1) is 13.8. The van der Waals surface area contributed by atoms with E-state index >= 15 is 0 Å². The van der Waals surface area contributed by atoms with Gasteiger partial charge in [0.25, 0.3) is 0 Å². The molecule has 2 aromatic carbocycles. The molecule has 0 radical (unpaired) electrons. The maximum atomic E-state index is 14.3. The van der Waals surface area contributed by atoms with Crippen LogP contribution in [-0.4, -0.2) is 18.0 Å². The fourth-order valence-electron chi connectivity index (χ4n) is 2.98. The average Bonchev–Trinajstić information content (AvgIpc) is 3.50. The Morgan fingerprint density at radius 2 is 1.72 bits per heavy atom. The molecule has 0 amide bonds. The lowest BCUT2D eigenvalue weighted by Crippen LogP contribution is -2.56. The molecule has 6 heteroatoms. The highest BCUT2D eigenvalue weighted by Crippen LogP contribution is 2.40. The van der Waals surface area contributed by atoms with E-state index in [9.17, 15) is 17.6 Å². The Balaban J connectivity index is 1.80. The molecule has 0 bridgehead atoms. The van der Waals surface area contributed by atoms with Gasteiger partial charge in [-0.05, 0) is 43.0 Å². The molecule has 0 heterocycles. The Morgan fingerprint density at radius 3 is 2.31 bits per heavy atom. The summed E-state index contributed by atoms with van der Waals surface area (Å²) in [7, 11) is 0. The van der Waals surface area contributed by atoms with Crippen molar-refractivity contribution >= 4 is 11.8 Å². The van der Waals surface area contributed by atoms with Crippen LogP contribution in [0.5, 0.6) is 0 Å². The number of hydrogen-bond donors (Lipinski definition) is 1. The quantitative estimate of drug-likeness (QED) is 0.441. The van der Waals surface area contributed by atoms with E-state index in [1.54, 1.807) is 18.7 Å². The van der Waals surface area contributed by atoms with Gasteiger partial charge in [0.05, 0.1) is 0 Å². The monoisotopic (exact) mass is 421 g/mol. The minimum atomic E-state index is -4.65. The molecule has 154 valence electrons. The van der Waals surface area contributed by atoms with Gasteiger partial charge in [-0.15, -0.1) is 0 Å². The van der Waals surface area contributed by atoms with Gasteiger partial charge in [0.1, 0.15) is 5.82 Å². The van der Waals surface area contributed by atoms with Gasteiger partial charge in [0.2, 0.25) is 5.54 Å². The molecule has 0 unspecified atom stereocenters. The summed E-state index contributed by atoms with van der Waals surface area (Å²) in [6.45, 7) is 1.72. The number of alkyl halides is 3. The molecule has 1 fully saturated rings. The lowest BCUT2D eigenvalue weighted by Gasteiger charge is -2.35. The molecule has 1 N–H and O–H groups in total. The van der Waals surface area contributed by atoms with E-state index in [-0.39, 0.29) is 11.5 Å². The molecule has 2 atom stereocenters. The van der Waals surface area contributed by atoms with Gasteiger partial charge in [-0.3, -0.25) is 5.32 Å². The SMILES string of the molecule is C[C@H](CSCc1ccccc1)N[C@@](C#CC1CC1)(c1ccc(F)cc1)C(F)(F)F. The van der Waals surface area contributed by atoms with Gasteiger partial charge in [-0.1, -0.05) is 54.3 Å². The summed E-state index contributed by atoms with van der Waals surface area (Å²) in [5.41, 5.74) is -1.48. The highest BCUT2D eigenvalue weighted by atomic mass is 32.2. The molecule has 29 heavy (non-hydrogen) atoms. The fraction of sp³-hybridized carbons (Fsp3) is 0.391. The van der Waals surface area contributed by atoms with E-state index in [1.807, 2.05) is 30.3 Å². The third-order valence-corrected chi connectivity index (χ3v) is 5.96. The standard InChI is InChI=1S/C23H23F4NS/c1-17(15-29-16-19-5-3-2-4-6-19)28-22(23(25,26)27,14-13-18-7-8-18)20-9-11-21(24)12-10-20/h2-6,9-12,17-18,28H,7-8,15-16H2,1H3/t17-,22+/m1/s1. The van der Waals surface area contributed by atoms with E-state index < -0.39 is 23.6 Å². The third-order valence-electron chi connectivity index (χ3n) is 4.69. The van der Waals surface area contributed by atoms with Crippen LogP contribution in [0.4, 0.5) is 17.6 Å². The Labute approximate surface area is 173 Å². The van der Waals surface area contributed by atoms with Crippen molar-refractivity contribution in [1.82, 2.24) is 5.32 Å². The first kappa shape index (κ1) is 21.7. The van der Waals surface area contributed by atoms with Crippen molar-refractivity contribution in [3.8, 4) is 11.8 Å². The number of thioether (sulfide) groups is 1. The van der Waals surface area contributed by atoms with Gasteiger partial charge in [-0.25, -0.2) is 4.39 Å². The Kier molecular flexibility index (Phi) is 6.92. The van der Waals surface area contributed by atoms with Crippen LogP contribution in [0, 0.1) is 23.6 Å². The molecular formula is C23H23F4NS. The summed E-state index contributed by atoms with van der Waals surface area (Å²) in [5, 5.41) is 2.73. The second-order valence-electron chi connectivity index (χ2n) is 7.34. The lowest BCUT2D eigenvalue weighted by molar-refractivity contribution is -0.183. The molecule has 1 saturated carbocycles. The van der Waals surface area contributed by atoms with Crippen LogP contribution in [-0.2, 0) is 11.3 Å².